The summed E-state index contributed by atoms with van der Waals surface area (Å²) in [5.41, 5.74) is -0.238. The van der Waals surface area contributed by atoms with Gasteiger partial charge in [-0.2, -0.15) is 0 Å². The quantitative estimate of drug-likeness (QED) is 0.126. The van der Waals surface area contributed by atoms with Gasteiger partial charge in [0, 0.05) is 65.2 Å². The first-order valence-electron chi connectivity index (χ1n) is 18.4. The molecule has 0 saturated carbocycles. The Morgan fingerprint density at radius 3 is 1.19 bits per heavy atom. The van der Waals surface area contributed by atoms with Crippen molar-refractivity contribution in [2.75, 3.05) is 6.54 Å². The van der Waals surface area contributed by atoms with E-state index in [4.69, 9.17) is 6.42 Å². The van der Waals surface area contributed by atoms with Crippen LogP contribution in [0, 0.1) is 18.3 Å². The van der Waals surface area contributed by atoms with Crippen LogP contribution in [0.3, 0.4) is 0 Å². The SMILES string of the molecule is C#CCNC(C)(C)C.C=CC(=O)NC(C)(C)C.CC(=O)NC(C)(C)C.CC(C)C(=O)NC(C)(C)C.CC(C)N1C(=O)C=CC1=O.CCC(=O)NC(C)(C)C. The zero-order valence-electron chi connectivity index (χ0n) is 38.0. The Bertz CT molecular complexity index is 1210. The normalized spacial score (nSPS) is 12.3. The van der Waals surface area contributed by atoms with E-state index in [-0.39, 0.29) is 75.1 Å². The highest BCUT2D eigenvalue weighted by Gasteiger charge is 2.25. The van der Waals surface area contributed by atoms with Crippen LogP contribution >= 0.6 is 0 Å². The molecule has 5 N–H and O–H groups in total. The Balaban J connectivity index is -0.000000178. The number of imide groups is 1. The third kappa shape index (κ3) is 50.1. The van der Waals surface area contributed by atoms with Crippen LogP contribution in [0.15, 0.2) is 24.8 Å². The lowest BCUT2D eigenvalue weighted by Crippen LogP contribution is -2.42. The maximum Gasteiger partial charge on any atom is 0.253 e. The third-order valence-corrected chi connectivity index (χ3v) is 5.17. The summed E-state index contributed by atoms with van der Waals surface area (Å²) in [5.74, 6) is 2.31. The third-order valence-electron chi connectivity index (χ3n) is 5.17. The monoisotopic (exact) mass is 765 g/mol. The van der Waals surface area contributed by atoms with Crippen LogP contribution in [-0.2, 0) is 28.8 Å². The summed E-state index contributed by atoms with van der Waals surface area (Å²) >= 11 is 0. The van der Waals surface area contributed by atoms with E-state index in [1.807, 2.05) is 118 Å². The molecule has 0 aromatic rings. The second kappa shape index (κ2) is 27.6. The Morgan fingerprint density at radius 2 is 1.07 bits per heavy atom. The van der Waals surface area contributed by atoms with Gasteiger partial charge in [0.05, 0.1) is 6.54 Å². The summed E-state index contributed by atoms with van der Waals surface area (Å²) in [6, 6.07) is -0.0324. The molecule has 54 heavy (non-hydrogen) atoms. The van der Waals surface area contributed by atoms with E-state index in [9.17, 15) is 28.8 Å². The summed E-state index contributed by atoms with van der Waals surface area (Å²) in [5, 5.41) is 14.3. The lowest BCUT2D eigenvalue weighted by molar-refractivity contribution is -0.138. The fourth-order valence-electron chi connectivity index (χ4n) is 3.21. The van der Waals surface area contributed by atoms with Crippen molar-refractivity contribution in [3.05, 3.63) is 24.8 Å². The molecule has 1 aliphatic heterocycles. The first-order valence-corrected chi connectivity index (χ1v) is 18.4. The van der Waals surface area contributed by atoms with Crippen molar-refractivity contribution in [1.29, 1.82) is 0 Å². The number of rotatable bonds is 5. The molecule has 12 heteroatoms. The van der Waals surface area contributed by atoms with Crippen LogP contribution in [0.2, 0.25) is 0 Å². The number of hydrogen-bond acceptors (Lipinski definition) is 7. The fourth-order valence-corrected chi connectivity index (χ4v) is 3.21. The van der Waals surface area contributed by atoms with E-state index in [1.54, 1.807) is 0 Å². The topological polar surface area (TPSA) is 166 Å². The fraction of sp³-hybridized carbons (Fsp3) is 0.714. The molecule has 0 spiro atoms. The van der Waals surface area contributed by atoms with E-state index in [0.29, 0.717) is 13.0 Å². The predicted octanol–water partition coefficient (Wildman–Crippen LogP) is 6.20. The van der Waals surface area contributed by atoms with Crippen molar-refractivity contribution >= 4 is 35.4 Å². The number of amides is 6. The van der Waals surface area contributed by atoms with E-state index < -0.39 is 0 Å². The van der Waals surface area contributed by atoms with E-state index in [2.05, 4.69) is 59.9 Å². The Hall–Kier alpha value is -3.98. The summed E-state index contributed by atoms with van der Waals surface area (Å²) in [6.45, 7) is 44.5. The van der Waals surface area contributed by atoms with Gasteiger partial charge >= 0.3 is 0 Å². The second-order valence-electron chi connectivity index (χ2n) is 18.2. The second-order valence-corrected chi connectivity index (χ2v) is 18.2. The summed E-state index contributed by atoms with van der Waals surface area (Å²) < 4.78 is 0. The number of nitrogens with zero attached hydrogens (tertiary/aromatic N) is 1. The molecule has 0 bridgehead atoms. The van der Waals surface area contributed by atoms with Gasteiger partial charge in [-0.1, -0.05) is 33.3 Å². The van der Waals surface area contributed by atoms with E-state index in [1.165, 1.54) is 30.1 Å². The molecule has 0 fully saturated rings. The average molecular weight is 765 g/mol. The van der Waals surface area contributed by atoms with Crippen LogP contribution in [0.4, 0.5) is 0 Å². The Morgan fingerprint density at radius 1 is 0.704 bits per heavy atom. The summed E-state index contributed by atoms with van der Waals surface area (Å²) in [4.78, 5) is 65.6. The van der Waals surface area contributed by atoms with Gasteiger partial charge in [0.15, 0.2) is 0 Å². The number of nitrogens with one attached hydrogen (secondary N) is 5. The standard InChI is InChI=1S/C8H17NO.C7H9NO2.C7H15NO.C7H13NO.C7H13N.C6H13NO/c1-6(2)7(10)9-8(3,4)5;1-5(2)8-6(9)3-4-7(8)10;2*1-5-6(9)8-7(2,3)4;1-5-6-8-7(2,3)4;1-5(8)7-6(2,3)4/h6H,1-5H3,(H,9,10);3-5H,1-2H3;5H2,1-4H3,(H,8,9);5H,1H2,2-4H3,(H,8,9);1,8H,6H2,2-4H3;1-4H3,(H,7,8). The molecule has 0 aromatic carbocycles. The molecule has 12 nitrogen and oxygen atoms in total. The molecule has 0 aliphatic carbocycles. The van der Waals surface area contributed by atoms with Gasteiger partial charge in [0.2, 0.25) is 23.6 Å². The maximum absolute atomic E-state index is 11.0. The molecule has 1 rings (SSSR count). The lowest BCUT2D eigenvalue weighted by Gasteiger charge is -2.21. The zero-order chi connectivity index (χ0) is 44.5. The lowest BCUT2D eigenvalue weighted by atomic mass is 10.1. The first-order chi connectivity index (χ1) is 23.8. The van der Waals surface area contributed by atoms with Gasteiger partial charge in [-0.05, 0) is 124 Å². The van der Waals surface area contributed by atoms with Crippen molar-refractivity contribution in [3.8, 4) is 12.3 Å². The zero-order valence-corrected chi connectivity index (χ0v) is 38.0. The van der Waals surface area contributed by atoms with Crippen molar-refractivity contribution in [3.63, 3.8) is 0 Å². The highest BCUT2D eigenvalue weighted by atomic mass is 16.2. The minimum atomic E-state index is -0.208. The van der Waals surface area contributed by atoms with Gasteiger partial charge < -0.3 is 26.6 Å². The van der Waals surface area contributed by atoms with Gasteiger partial charge in [-0.25, -0.2) is 0 Å². The molecule has 6 amide bonds. The van der Waals surface area contributed by atoms with Crippen LogP contribution in [0.5, 0.6) is 0 Å². The van der Waals surface area contributed by atoms with Gasteiger partial charge in [0.25, 0.3) is 11.8 Å². The molecule has 0 atom stereocenters. The molecule has 1 heterocycles. The number of terminal acetylenes is 1. The van der Waals surface area contributed by atoms with Crippen LogP contribution < -0.4 is 26.6 Å². The summed E-state index contributed by atoms with van der Waals surface area (Å²) in [6.07, 6.45) is 9.45. The van der Waals surface area contributed by atoms with Crippen molar-refractivity contribution in [1.82, 2.24) is 31.5 Å². The van der Waals surface area contributed by atoms with Crippen molar-refractivity contribution in [2.24, 2.45) is 5.92 Å². The van der Waals surface area contributed by atoms with E-state index in [0.717, 1.165) is 0 Å². The van der Waals surface area contributed by atoms with Crippen LogP contribution in [0.1, 0.15) is 152 Å². The van der Waals surface area contributed by atoms with Gasteiger partial charge in [-0.3, -0.25) is 33.7 Å². The number of hydrogen-bond donors (Lipinski definition) is 5. The van der Waals surface area contributed by atoms with Crippen LogP contribution in [-0.4, -0.2) is 80.6 Å². The molecular weight excluding hydrogens is 684 g/mol. The molecule has 0 unspecified atom stereocenters. The molecule has 0 aromatic heterocycles. The first kappa shape index (κ1) is 59.3. The highest BCUT2D eigenvalue weighted by Crippen LogP contribution is 2.07. The molecule has 1 aliphatic rings. The number of carbonyl (C=O) groups is 6. The van der Waals surface area contributed by atoms with Crippen molar-refractivity contribution in [2.45, 2.75) is 186 Å². The molecule has 0 radical (unpaired) electrons. The highest BCUT2D eigenvalue weighted by molar-refractivity contribution is 6.13. The van der Waals surface area contributed by atoms with Crippen molar-refractivity contribution < 1.29 is 28.8 Å². The minimum Gasteiger partial charge on any atom is -0.352 e. The smallest absolute Gasteiger partial charge is 0.253 e. The van der Waals surface area contributed by atoms with Crippen LogP contribution in [0.25, 0.3) is 0 Å². The van der Waals surface area contributed by atoms with Gasteiger partial charge in [-0.15, -0.1) is 6.42 Å². The summed E-state index contributed by atoms with van der Waals surface area (Å²) in [7, 11) is 0. The van der Waals surface area contributed by atoms with Gasteiger partial charge in [0.1, 0.15) is 0 Å². The molecule has 0 saturated heterocycles. The largest absolute Gasteiger partial charge is 0.352 e. The molecular formula is C42H80N6O6. The minimum absolute atomic E-state index is 0.0255. The number of carbonyl (C=O) groups excluding carboxylic acids is 6. The van der Waals surface area contributed by atoms with E-state index >= 15 is 0 Å². The average Bonchev–Trinajstić information content (AvgIpc) is 3.26. The molecule has 314 valence electrons. The predicted molar refractivity (Wildman–Crippen MR) is 225 cm³/mol. The maximum atomic E-state index is 11.0. The Labute approximate surface area is 330 Å². The Kier molecular flexibility index (Phi) is 30.3.